The van der Waals surface area contributed by atoms with E-state index in [4.69, 9.17) is 0 Å². The fraction of sp³-hybridized carbons (Fsp3) is 0.727. The Morgan fingerprint density at radius 1 is 1.27 bits per heavy atom. The fourth-order valence-electron chi connectivity index (χ4n) is 0.789. The molecule has 0 heteroatoms. The van der Waals surface area contributed by atoms with Crippen molar-refractivity contribution in [2.45, 2.75) is 46.5 Å². The van der Waals surface area contributed by atoms with E-state index >= 15 is 0 Å². The van der Waals surface area contributed by atoms with Gasteiger partial charge in [-0.05, 0) is 24.7 Å². The Bertz CT molecular complexity index is 109. The molecule has 0 saturated heterocycles. The number of unbranched alkanes of at least 4 members (excludes halogenated alkanes) is 1. The van der Waals surface area contributed by atoms with Crippen LogP contribution in [0.5, 0.6) is 0 Å². The van der Waals surface area contributed by atoms with Gasteiger partial charge in [0, 0.05) is 0 Å². The van der Waals surface area contributed by atoms with Crippen molar-refractivity contribution in [3.05, 3.63) is 19.1 Å². The number of rotatable bonds is 5. The van der Waals surface area contributed by atoms with Gasteiger partial charge in [-0.3, -0.25) is 0 Å². The maximum atomic E-state index is 3.92. The number of hydrogen-bond acceptors (Lipinski definition) is 0. The van der Waals surface area contributed by atoms with Crippen LogP contribution in [-0.4, -0.2) is 0 Å². The molecule has 0 bridgehead atoms. The second-order valence-corrected chi connectivity index (χ2v) is 3.88. The standard InChI is InChI=1S/C11H21/c1-5-7-8-9-10-11(3,4)6-2/h8-9H,2,5-7,10H2,1,3-4H3. The van der Waals surface area contributed by atoms with E-state index in [1.54, 1.807) is 0 Å². The third-order valence-electron chi connectivity index (χ3n) is 1.97. The highest BCUT2D eigenvalue weighted by atomic mass is 14.2. The van der Waals surface area contributed by atoms with E-state index in [0.29, 0.717) is 5.41 Å². The van der Waals surface area contributed by atoms with Crippen LogP contribution >= 0.6 is 0 Å². The third kappa shape index (κ3) is 6.15. The SMILES string of the molecule is [CH2]CC(C)(C)CC=CCCC. The molecule has 0 N–H and O–H groups in total. The Hall–Kier alpha value is -0.260. The van der Waals surface area contributed by atoms with Gasteiger partial charge in [0.1, 0.15) is 0 Å². The minimum atomic E-state index is 0.393. The summed E-state index contributed by atoms with van der Waals surface area (Å²) >= 11 is 0. The molecule has 0 aromatic carbocycles. The van der Waals surface area contributed by atoms with Crippen LogP contribution in [0.15, 0.2) is 12.2 Å². The Labute approximate surface area is 71.7 Å². The molecule has 0 unspecified atom stereocenters. The van der Waals surface area contributed by atoms with Crippen LogP contribution in [0.3, 0.4) is 0 Å². The van der Waals surface area contributed by atoms with E-state index in [9.17, 15) is 0 Å². The summed E-state index contributed by atoms with van der Waals surface area (Å²) in [5, 5.41) is 0. The average molecular weight is 153 g/mol. The first-order valence-electron chi connectivity index (χ1n) is 4.56. The molecular weight excluding hydrogens is 132 g/mol. The van der Waals surface area contributed by atoms with Crippen molar-refractivity contribution in [3.8, 4) is 0 Å². The van der Waals surface area contributed by atoms with Crippen molar-refractivity contribution in [1.29, 1.82) is 0 Å². The number of allylic oxidation sites excluding steroid dienone is 2. The maximum absolute atomic E-state index is 3.92. The zero-order valence-electron chi connectivity index (χ0n) is 8.19. The van der Waals surface area contributed by atoms with Crippen molar-refractivity contribution in [3.63, 3.8) is 0 Å². The van der Waals surface area contributed by atoms with E-state index in [2.05, 4.69) is 39.8 Å². The van der Waals surface area contributed by atoms with Crippen molar-refractivity contribution >= 4 is 0 Å². The molecule has 1 radical (unpaired) electrons. The van der Waals surface area contributed by atoms with Crippen LogP contribution in [0.2, 0.25) is 0 Å². The molecule has 0 nitrogen and oxygen atoms in total. The van der Waals surface area contributed by atoms with Gasteiger partial charge in [0.05, 0.1) is 0 Å². The Morgan fingerprint density at radius 2 is 1.91 bits per heavy atom. The van der Waals surface area contributed by atoms with Crippen molar-refractivity contribution in [1.82, 2.24) is 0 Å². The highest BCUT2D eigenvalue weighted by Crippen LogP contribution is 2.24. The van der Waals surface area contributed by atoms with Crippen molar-refractivity contribution in [2.75, 3.05) is 0 Å². The zero-order valence-corrected chi connectivity index (χ0v) is 8.19. The minimum absolute atomic E-state index is 0.393. The second-order valence-electron chi connectivity index (χ2n) is 3.88. The lowest BCUT2D eigenvalue weighted by Gasteiger charge is -2.19. The summed E-state index contributed by atoms with van der Waals surface area (Å²) in [4.78, 5) is 0. The molecule has 0 rings (SSSR count). The molecule has 0 atom stereocenters. The summed E-state index contributed by atoms with van der Waals surface area (Å²) in [6.45, 7) is 10.6. The average Bonchev–Trinajstić information content (AvgIpc) is 1.99. The molecule has 0 aliphatic carbocycles. The molecular formula is C11H21. The van der Waals surface area contributed by atoms with Gasteiger partial charge in [0.25, 0.3) is 0 Å². The van der Waals surface area contributed by atoms with Gasteiger partial charge in [0.15, 0.2) is 0 Å². The molecule has 0 fully saturated rings. The molecule has 0 amide bonds. The summed E-state index contributed by atoms with van der Waals surface area (Å²) in [5.74, 6) is 0. The van der Waals surface area contributed by atoms with Gasteiger partial charge in [-0.25, -0.2) is 0 Å². The van der Waals surface area contributed by atoms with Crippen LogP contribution in [0.25, 0.3) is 0 Å². The van der Waals surface area contributed by atoms with Crippen LogP contribution in [0.1, 0.15) is 46.5 Å². The van der Waals surface area contributed by atoms with Gasteiger partial charge >= 0.3 is 0 Å². The van der Waals surface area contributed by atoms with Crippen LogP contribution in [-0.2, 0) is 0 Å². The molecule has 0 aliphatic rings. The Morgan fingerprint density at radius 3 is 2.36 bits per heavy atom. The zero-order chi connectivity index (χ0) is 8.74. The molecule has 11 heavy (non-hydrogen) atoms. The molecule has 65 valence electrons. The largest absolute Gasteiger partial charge is 0.0885 e. The minimum Gasteiger partial charge on any atom is -0.0885 e. The molecule has 0 spiro atoms. The molecule has 0 saturated carbocycles. The third-order valence-corrected chi connectivity index (χ3v) is 1.97. The normalized spacial score (nSPS) is 12.7. The first-order chi connectivity index (χ1) is 5.12. The van der Waals surface area contributed by atoms with Gasteiger partial charge in [-0.15, -0.1) is 0 Å². The highest BCUT2D eigenvalue weighted by Gasteiger charge is 2.11. The van der Waals surface area contributed by atoms with Gasteiger partial charge in [-0.1, -0.05) is 46.3 Å². The summed E-state index contributed by atoms with van der Waals surface area (Å²) in [6.07, 6.45) is 9.21. The Kier molecular flexibility index (Phi) is 5.27. The lowest BCUT2D eigenvalue weighted by Crippen LogP contribution is -2.07. The van der Waals surface area contributed by atoms with E-state index in [1.165, 1.54) is 12.8 Å². The fourth-order valence-corrected chi connectivity index (χ4v) is 0.789. The molecule has 0 aromatic heterocycles. The monoisotopic (exact) mass is 153 g/mol. The van der Waals surface area contributed by atoms with Gasteiger partial charge in [-0.2, -0.15) is 0 Å². The van der Waals surface area contributed by atoms with Crippen LogP contribution in [0.4, 0.5) is 0 Å². The van der Waals surface area contributed by atoms with E-state index < -0.39 is 0 Å². The quantitative estimate of drug-likeness (QED) is 0.524. The van der Waals surface area contributed by atoms with Crippen LogP contribution < -0.4 is 0 Å². The summed E-state index contributed by atoms with van der Waals surface area (Å²) in [6, 6.07) is 0. The van der Waals surface area contributed by atoms with E-state index in [1.807, 2.05) is 0 Å². The second kappa shape index (κ2) is 5.40. The summed E-state index contributed by atoms with van der Waals surface area (Å²) in [7, 11) is 0. The van der Waals surface area contributed by atoms with Gasteiger partial charge in [0.2, 0.25) is 0 Å². The molecule has 0 heterocycles. The number of hydrogen-bond donors (Lipinski definition) is 0. The lowest BCUT2D eigenvalue weighted by molar-refractivity contribution is 0.375. The van der Waals surface area contributed by atoms with Crippen molar-refractivity contribution in [2.24, 2.45) is 5.41 Å². The van der Waals surface area contributed by atoms with E-state index in [0.717, 1.165) is 12.8 Å². The summed E-state index contributed by atoms with van der Waals surface area (Å²) in [5.41, 5.74) is 0.393. The summed E-state index contributed by atoms with van der Waals surface area (Å²) < 4.78 is 0. The first-order valence-corrected chi connectivity index (χ1v) is 4.56. The highest BCUT2D eigenvalue weighted by molar-refractivity contribution is 4.87. The maximum Gasteiger partial charge on any atom is -0.0299 e. The van der Waals surface area contributed by atoms with Gasteiger partial charge < -0.3 is 0 Å². The predicted molar refractivity (Wildman–Crippen MR) is 52.4 cm³/mol. The molecule has 0 aromatic rings. The first kappa shape index (κ1) is 10.7. The van der Waals surface area contributed by atoms with Crippen LogP contribution in [0, 0.1) is 12.3 Å². The predicted octanol–water partition coefficient (Wildman–Crippen LogP) is 3.98. The smallest absolute Gasteiger partial charge is 0.0299 e. The Balaban J connectivity index is 3.51. The van der Waals surface area contributed by atoms with E-state index in [-0.39, 0.29) is 0 Å². The molecule has 0 aliphatic heterocycles. The van der Waals surface area contributed by atoms with Crippen molar-refractivity contribution < 1.29 is 0 Å². The topological polar surface area (TPSA) is 0 Å². The lowest BCUT2D eigenvalue weighted by atomic mass is 9.86.